The third-order valence-electron chi connectivity index (χ3n) is 6.86. The van der Waals surface area contributed by atoms with Crippen LogP contribution >= 0.6 is 0 Å². The van der Waals surface area contributed by atoms with Gasteiger partial charge in [0.15, 0.2) is 6.23 Å². The smallest absolute Gasteiger partial charge is 0.253 e. The Labute approximate surface area is 213 Å². The summed E-state index contributed by atoms with van der Waals surface area (Å²) in [5.41, 5.74) is 6.42. The second kappa shape index (κ2) is 9.01. The highest BCUT2D eigenvalue weighted by Gasteiger charge is 2.40. The van der Waals surface area contributed by atoms with E-state index in [1.807, 2.05) is 49.6 Å². The first-order valence-corrected chi connectivity index (χ1v) is 12.2. The maximum absolute atomic E-state index is 14.2. The van der Waals surface area contributed by atoms with Crippen molar-refractivity contribution in [2.24, 2.45) is 0 Å². The number of nitrogens with zero attached hydrogens (tertiary/aromatic N) is 3. The van der Waals surface area contributed by atoms with E-state index in [0.29, 0.717) is 30.8 Å². The van der Waals surface area contributed by atoms with Crippen LogP contribution in [0.2, 0.25) is 0 Å². The van der Waals surface area contributed by atoms with Gasteiger partial charge in [-0.1, -0.05) is 12.1 Å². The fraction of sp³-hybridized carbons (Fsp3) is 0.250. The highest BCUT2D eigenvalue weighted by atomic mass is 19.1. The molecule has 9 heteroatoms. The topological polar surface area (TPSA) is 92.2 Å². The molecule has 4 heterocycles. The molecule has 2 N–H and O–H groups in total. The molecule has 37 heavy (non-hydrogen) atoms. The van der Waals surface area contributed by atoms with Gasteiger partial charge in [0.1, 0.15) is 17.6 Å². The first kappa shape index (κ1) is 23.2. The predicted octanol–water partition coefficient (Wildman–Crippen LogP) is 4.30. The number of aryl methyl sites for hydroxylation is 1. The van der Waals surface area contributed by atoms with E-state index < -0.39 is 12.3 Å². The predicted molar refractivity (Wildman–Crippen MR) is 136 cm³/mol. The summed E-state index contributed by atoms with van der Waals surface area (Å²) in [7, 11) is 0. The van der Waals surface area contributed by atoms with Gasteiger partial charge in [0.25, 0.3) is 5.91 Å². The van der Waals surface area contributed by atoms with E-state index in [1.165, 1.54) is 12.1 Å². The Morgan fingerprint density at radius 3 is 2.81 bits per heavy atom. The molecule has 0 spiro atoms. The van der Waals surface area contributed by atoms with Gasteiger partial charge in [0, 0.05) is 41.9 Å². The first-order chi connectivity index (χ1) is 17.9. The second-order valence-electron chi connectivity index (χ2n) is 9.59. The van der Waals surface area contributed by atoms with Crippen molar-refractivity contribution in [3.63, 3.8) is 0 Å². The molecule has 2 aliphatic rings. The van der Waals surface area contributed by atoms with Crippen LogP contribution in [-0.4, -0.2) is 44.1 Å². The second-order valence-corrected chi connectivity index (χ2v) is 9.59. The number of anilines is 1. The fourth-order valence-corrected chi connectivity index (χ4v) is 5.05. The van der Waals surface area contributed by atoms with Crippen LogP contribution in [-0.2, 0) is 27.2 Å². The van der Waals surface area contributed by atoms with E-state index in [4.69, 9.17) is 9.84 Å². The maximum atomic E-state index is 14.2. The molecule has 1 saturated heterocycles. The highest BCUT2D eigenvalue weighted by molar-refractivity contribution is 5.99. The molecule has 2 aliphatic heterocycles. The number of fused-ring (bicyclic) bond motifs is 1. The van der Waals surface area contributed by atoms with Gasteiger partial charge in [-0.25, -0.2) is 9.07 Å². The Morgan fingerprint density at radius 1 is 1.16 bits per heavy atom. The van der Waals surface area contributed by atoms with Crippen LogP contribution in [0.4, 0.5) is 10.1 Å². The summed E-state index contributed by atoms with van der Waals surface area (Å²) in [6.07, 6.45) is 5.18. The summed E-state index contributed by atoms with van der Waals surface area (Å²) in [5, 5.41) is 7.65. The zero-order valence-corrected chi connectivity index (χ0v) is 20.5. The number of hydrogen-bond acceptors (Lipinski definition) is 4. The number of halogens is 1. The fourth-order valence-electron chi connectivity index (χ4n) is 5.05. The highest BCUT2D eigenvalue weighted by Crippen LogP contribution is 2.37. The van der Waals surface area contributed by atoms with Crippen LogP contribution in [0.15, 0.2) is 61.1 Å². The molecule has 2 amide bonds. The number of ether oxygens (including phenoxy) is 1. The number of carbonyl (C=O) groups is 2. The Morgan fingerprint density at radius 2 is 2.03 bits per heavy atom. The Bertz CT molecular complexity index is 1490. The lowest BCUT2D eigenvalue weighted by Crippen LogP contribution is -2.32. The molecule has 188 valence electrons. The van der Waals surface area contributed by atoms with Crippen molar-refractivity contribution in [3.05, 3.63) is 89.1 Å². The van der Waals surface area contributed by atoms with E-state index in [-0.39, 0.29) is 17.6 Å². The van der Waals surface area contributed by atoms with Crippen LogP contribution in [0.1, 0.15) is 35.4 Å². The van der Waals surface area contributed by atoms with Gasteiger partial charge in [-0.3, -0.25) is 9.59 Å². The molecule has 0 radical (unpaired) electrons. The molecule has 0 bridgehead atoms. The summed E-state index contributed by atoms with van der Waals surface area (Å²) in [5.74, 6) is -0.455. The Balaban J connectivity index is 1.34. The van der Waals surface area contributed by atoms with Crippen LogP contribution in [0, 0.1) is 12.7 Å². The molecule has 2 aromatic carbocycles. The van der Waals surface area contributed by atoms with Crippen molar-refractivity contribution in [2.75, 3.05) is 11.9 Å². The molecule has 0 saturated carbocycles. The summed E-state index contributed by atoms with van der Waals surface area (Å²) >= 11 is 0. The molecular weight excluding hydrogens is 473 g/mol. The van der Waals surface area contributed by atoms with Gasteiger partial charge in [-0.2, -0.15) is 5.10 Å². The third-order valence-corrected chi connectivity index (χ3v) is 6.86. The number of rotatable bonds is 6. The minimum absolute atomic E-state index is 0.00745. The molecule has 2 atom stereocenters. The molecule has 2 aromatic heterocycles. The Hall–Kier alpha value is -4.24. The van der Waals surface area contributed by atoms with E-state index in [2.05, 4.69) is 10.3 Å². The third kappa shape index (κ3) is 4.31. The number of aromatic nitrogens is 3. The minimum Gasteiger partial charge on any atom is -0.367 e. The van der Waals surface area contributed by atoms with Crippen molar-refractivity contribution in [1.29, 1.82) is 0 Å². The van der Waals surface area contributed by atoms with E-state index in [0.717, 1.165) is 33.5 Å². The number of nitrogens with one attached hydrogen (secondary N) is 2. The zero-order chi connectivity index (χ0) is 25.7. The van der Waals surface area contributed by atoms with Gasteiger partial charge in [-0.05, 0) is 67.3 Å². The molecule has 6 rings (SSSR count). The number of aromatic amines is 1. The van der Waals surface area contributed by atoms with Crippen molar-refractivity contribution in [3.8, 4) is 16.9 Å². The van der Waals surface area contributed by atoms with Crippen molar-refractivity contribution < 1.29 is 18.7 Å². The van der Waals surface area contributed by atoms with E-state index >= 15 is 0 Å². The minimum atomic E-state index is -0.648. The number of amides is 2. The average Bonchev–Trinajstić information content (AvgIpc) is 3.63. The molecule has 8 nitrogen and oxygen atoms in total. The molecule has 0 unspecified atom stereocenters. The standard InChI is InChI=1S/C28H26FN5O3/c1-16-9-21(29)13-22(10-16)34-15-23(26(32-34)20-5-7-30-14-20)28-33(27(36)17(2)37-28)8-6-18-3-4-19-12-25(35)31-24(19)11-18/h3-5,7,9-11,13-15,17,28,30H,6,8,12H2,1-2H3,(H,31,35)/t17-,28+/m1/s1. The monoisotopic (exact) mass is 499 g/mol. The van der Waals surface area contributed by atoms with Crippen molar-refractivity contribution in [1.82, 2.24) is 19.7 Å². The number of hydrogen-bond donors (Lipinski definition) is 2. The normalized spacial score (nSPS) is 18.9. The average molecular weight is 500 g/mol. The van der Waals surface area contributed by atoms with E-state index in [1.54, 1.807) is 22.7 Å². The molecule has 4 aromatic rings. The molecular formula is C28H26FN5O3. The molecule has 0 aliphatic carbocycles. The van der Waals surface area contributed by atoms with Gasteiger partial charge < -0.3 is 19.9 Å². The van der Waals surface area contributed by atoms with Crippen molar-refractivity contribution in [2.45, 2.75) is 39.0 Å². The lowest BCUT2D eigenvalue weighted by molar-refractivity contribution is -0.130. The number of benzene rings is 2. The Kier molecular flexibility index (Phi) is 5.64. The zero-order valence-electron chi connectivity index (χ0n) is 20.5. The van der Waals surface area contributed by atoms with Crippen LogP contribution in [0.3, 0.4) is 0 Å². The lowest BCUT2D eigenvalue weighted by Gasteiger charge is -2.23. The van der Waals surface area contributed by atoms with Gasteiger partial charge in [0.2, 0.25) is 5.91 Å². The summed E-state index contributed by atoms with van der Waals surface area (Å²) in [4.78, 5) is 29.7. The summed E-state index contributed by atoms with van der Waals surface area (Å²) in [6.45, 7) is 4.00. The maximum Gasteiger partial charge on any atom is 0.253 e. The van der Waals surface area contributed by atoms with Gasteiger partial charge >= 0.3 is 0 Å². The lowest BCUT2D eigenvalue weighted by atomic mass is 10.1. The first-order valence-electron chi connectivity index (χ1n) is 12.2. The SMILES string of the molecule is Cc1cc(F)cc(-n2cc([C@@H]3O[C@H](C)C(=O)N3CCc3ccc4c(c3)NC(=O)C4)c(-c3cc[nH]c3)n2)c1. The van der Waals surface area contributed by atoms with Gasteiger partial charge in [0.05, 0.1) is 12.1 Å². The quantitative estimate of drug-likeness (QED) is 0.414. The summed E-state index contributed by atoms with van der Waals surface area (Å²) < 4.78 is 22.0. The van der Waals surface area contributed by atoms with Crippen LogP contribution in [0.25, 0.3) is 16.9 Å². The van der Waals surface area contributed by atoms with Crippen LogP contribution in [0.5, 0.6) is 0 Å². The summed E-state index contributed by atoms with van der Waals surface area (Å²) in [6, 6.07) is 12.6. The van der Waals surface area contributed by atoms with Crippen molar-refractivity contribution >= 4 is 17.5 Å². The van der Waals surface area contributed by atoms with E-state index in [9.17, 15) is 14.0 Å². The largest absolute Gasteiger partial charge is 0.367 e. The van der Waals surface area contributed by atoms with Crippen LogP contribution < -0.4 is 5.32 Å². The number of carbonyl (C=O) groups excluding carboxylic acids is 2. The molecule has 1 fully saturated rings. The van der Waals surface area contributed by atoms with Gasteiger partial charge in [-0.15, -0.1) is 0 Å². The number of H-pyrrole nitrogens is 1.